The zero-order chi connectivity index (χ0) is 17.5. The van der Waals surface area contributed by atoms with Crippen LogP contribution in [0.3, 0.4) is 0 Å². The third-order valence-electron chi connectivity index (χ3n) is 5.15. The molecule has 1 aliphatic heterocycles. The second kappa shape index (κ2) is 10.9. The minimum absolute atomic E-state index is 0. The topological polar surface area (TPSA) is 87.5 Å². The van der Waals surface area contributed by atoms with E-state index in [9.17, 15) is 9.59 Å². The van der Waals surface area contributed by atoms with E-state index in [1.54, 1.807) is 0 Å². The summed E-state index contributed by atoms with van der Waals surface area (Å²) < 4.78 is 0. The average molecular weight is 375 g/mol. The van der Waals surface area contributed by atoms with Crippen LogP contribution in [0.4, 0.5) is 4.79 Å². The molecule has 0 radical (unpaired) electrons. The SMILES string of the molecule is CC(C)CC(CN)NC(=O)C1CCCN(C(=O)NC2CCCC2)C1.Cl. The van der Waals surface area contributed by atoms with E-state index in [0.717, 1.165) is 38.6 Å². The number of urea groups is 1. The van der Waals surface area contributed by atoms with Crippen molar-refractivity contribution in [2.75, 3.05) is 19.6 Å². The Hall–Kier alpha value is -1.01. The van der Waals surface area contributed by atoms with Crippen molar-refractivity contribution in [3.05, 3.63) is 0 Å². The Labute approximate surface area is 158 Å². The summed E-state index contributed by atoms with van der Waals surface area (Å²) in [6.45, 7) is 5.98. The molecule has 1 aliphatic carbocycles. The van der Waals surface area contributed by atoms with Crippen molar-refractivity contribution >= 4 is 24.3 Å². The third kappa shape index (κ3) is 7.02. The van der Waals surface area contributed by atoms with Gasteiger partial charge in [-0.3, -0.25) is 4.79 Å². The smallest absolute Gasteiger partial charge is 0.317 e. The van der Waals surface area contributed by atoms with E-state index in [-0.39, 0.29) is 36.3 Å². The molecular formula is C18H35ClN4O2. The first kappa shape index (κ1) is 22.0. The second-order valence-electron chi connectivity index (χ2n) is 7.79. The number of piperidine rings is 1. The van der Waals surface area contributed by atoms with Gasteiger partial charge in [-0.15, -0.1) is 12.4 Å². The average Bonchev–Trinajstić information content (AvgIpc) is 3.06. The summed E-state index contributed by atoms with van der Waals surface area (Å²) in [4.78, 5) is 26.8. The van der Waals surface area contributed by atoms with Crippen molar-refractivity contribution in [2.45, 2.75) is 70.9 Å². The molecule has 0 bridgehead atoms. The molecule has 4 N–H and O–H groups in total. The maximum Gasteiger partial charge on any atom is 0.317 e. The lowest BCUT2D eigenvalue weighted by atomic mass is 9.96. The summed E-state index contributed by atoms with van der Waals surface area (Å²) >= 11 is 0. The van der Waals surface area contributed by atoms with Crippen molar-refractivity contribution in [3.63, 3.8) is 0 Å². The molecule has 6 nitrogen and oxygen atoms in total. The number of hydrogen-bond donors (Lipinski definition) is 3. The molecule has 0 aromatic heterocycles. The number of hydrogen-bond acceptors (Lipinski definition) is 3. The van der Waals surface area contributed by atoms with Crippen LogP contribution in [-0.4, -0.2) is 48.6 Å². The molecule has 2 fully saturated rings. The summed E-state index contributed by atoms with van der Waals surface area (Å²) in [5.41, 5.74) is 5.78. The lowest BCUT2D eigenvalue weighted by Gasteiger charge is -2.33. The quantitative estimate of drug-likeness (QED) is 0.666. The molecule has 1 saturated carbocycles. The molecule has 0 aromatic rings. The number of nitrogens with zero attached hydrogens (tertiary/aromatic N) is 1. The van der Waals surface area contributed by atoms with Gasteiger partial charge in [0.2, 0.25) is 5.91 Å². The van der Waals surface area contributed by atoms with E-state index in [1.807, 2.05) is 4.90 Å². The van der Waals surface area contributed by atoms with Gasteiger partial charge in [-0.1, -0.05) is 26.7 Å². The molecule has 0 aromatic carbocycles. The Balaban J connectivity index is 0.00000312. The van der Waals surface area contributed by atoms with Crippen LogP contribution in [-0.2, 0) is 4.79 Å². The van der Waals surface area contributed by atoms with E-state index in [2.05, 4.69) is 24.5 Å². The van der Waals surface area contributed by atoms with E-state index in [0.29, 0.717) is 25.0 Å². The van der Waals surface area contributed by atoms with Crippen molar-refractivity contribution in [2.24, 2.45) is 17.6 Å². The first-order chi connectivity index (χ1) is 11.5. The Morgan fingerprint density at radius 1 is 1.16 bits per heavy atom. The van der Waals surface area contributed by atoms with Crippen LogP contribution in [0.2, 0.25) is 0 Å². The fourth-order valence-corrected chi connectivity index (χ4v) is 3.81. The zero-order valence-corrected chi connectivity index (χ0v) is 16.4. The second-order valence-corrected chi connectivity index (χ2v) is 7.79. The van der Waals surface area contributed by atoms with Gasteiger partial charge in [-0.2, -0.15) is 0 Å². The number of carbonyl (C=O) groups is 2. The molecule has 0 spiro atoms. The van der Waals surface area contributed by atoms with E-state index in [1.165, 1.54) is 12.8 Å². The van der Waals surface area contributed by atoms with Crippen molar-refractivity contribution in [1.82, 2.24) is 15.5 Å². The molecule has 1 heterocycles. The highest BCUT2D eigenvalue weighted by Gasteiger charge is 2.30. The van der Waals surface area contributed by atoms with E-state index < -0.39 is 0 Å². The van der Waals surface area contributed by atoms with Gasteiger partial charge in [-0.25, -0.2) is 4.79 Å². The van der Waals surface area contributed by atoms with E-state index >= 15 is 0 Å². The third-order valence-corrected chi connectivity index (χ3v) is 5.15. The van der Waals surface area contributed by atoms with Crippen LogP contribution in [0.25, 0.3) is 0 Å². The Bertz CT molecular complexity index is 427. The van der Waals surface area contributed by atoms with Crippen LogP contribution in [0, 0.1) is 11.8 Å². The largest absolute Gasteiger partial charge is 0.352 e. The van der Waals surface area contributed by atoms with Crippen LogP contribution in [0.5, 0.6) is 0 Å². The number of nitrogens with one attached hydrogen (secondary N) is 2. The zero-order valence-electron chi connectivity index (χ0n) is 15.6. The van der Waals surface area contributed by atoms with Gasteiger partial charge in [0.25, 0.3) is 0 Å². The summed E-state index contributed by atoms with van der Waals surface area (Å²) in [6.07, 6.45) is 7.18. The summed E-state index contributed by atoms with van der Waals surface area (Å²) in [5.74, 6) is 0.428. The van der Waals surface area contributed by atoms with Gasteiger partial charge in [0.15, 0.2) is 0 Å². The molecule has 7 heteroatoms. The summed E-state index contributed by atoms with van der Waals surface area (Å²) in [7, 11) is 0. The normalized spacial score (nSPS) is 22.4. The molecule has 2 atom stereocenters. The maximum absolute atomic E-state index is 12.5. The predicted octanol–water partition coefficient (Wildman–Crippen LogP) is 2.26. The number of halogens is 1. The fourth-order valence-electron chi connectivity index (χ4n) is 3.81. The number of nitrogens with two attached hydrogens (primary N) is 1. The highest BCUT2D eigenvalue weighted by Crippen LogP contribution is 2.20. The molecule has 146 valence electrons. The van der Waals surface area contributed by atoms with Crippen molar-refractivity contribution in [1.29, 1.82) is 0 Å². The van der Waals surface area contributed by atoms with Crippen molar-refractivity contribution < 1.29 is 9.59 Å². The monoisotopic (exact) mass is 374 g/mol. The predicted molar refractivity (Wildman–Crippen MR) is 103 cm³/mol. The Morgan fingerprint density at radius 3 is 2.44 bits per heavy atom. The molecule has 2 unspecified atom stereocenters. The maximum atomic E-state index is 12.5. The van der Waals surface area contributed by atoms with Gasteiger partial charge < -0.3 is 21.3 Å². The number of likely N-dealkylation sites (tertiary alicyclic amines) is 1. The molecule has 2 aliphatic rings. The van der Waals surface area contributed by atoms with Crippen molar-refractivity contribution in [3.8, 4) is 0 Å². The van der Waals surface area contributed by atoms with Gasteiger partial charge in [-0.05, 0) is 38.0 Å². The van der Waals surface area contributed by atoms with E-state index in [4.69, 9.17) is 5.73 Å². The lowest BCUT2D eigenvalue weighted by molar-refractivity contribution is -0.127. The van der Waals surface area contributed by atoms with Gasteiger partial charge >= 0.3 is 6.03 Å². The minimum atomic E-state index is -0.116. The molecule has 1 saturated heterocycles. The number of amides is 3. The summed E-state index contributed by atoms with van der Waals surface area (Å²) in [5, 5.41) is 6.20. The molecule has 3 amide bonds. The van der Waals surface area contributed by atoms with Gasteiger partial charge in [0, 0.05) is 31.7 Å². The van der Waals surface area contributed by atoms with Crippen LogP contribution < -0.4 is 16.4 Å². The standard InChI is InChI=1S/C18H34N4O2.ClH/c1-13(2)10-16(11-19)20-17(23)14-6-5-9-22(12-14)18(24)21-15-7-3-4-8-15;/h13-16H,3-12,19H2,1-2H3,(H,20,23)(H,21,24);1H. The molecule has 25 heavy (non-hydrogen) atoms. The van der Waals surface area contributed by atoms with Gasteiger partial charge in [0.05, 0.1) is 5.92 Å². The highest BCUT2D eigenvalue weighted by molar-refractivity contribution is 5.85. The molecular weight excluding hydrogens is 340 g/mol. The van der Waals surface area contributed by atoms with Crippen LogP contribution in [0.15, 0.2) is 0 Å². The number of rotatable bonds is 6. The Kier molecular flexibility index (Phi) is 9.57. The fraction of sp³-hybridized carbons (Fsp3) is 0.889. The minimum Gasteiger partial charge on any atom is -0.352 e. The van der Waals surface area contributed by atoms with Gasteiger partial charge in [0.1, 0.15) is 0 Å². The van der Waals surface area contributed by atoms with Crippen LogP contribution >= 0.6 is 12.4 Å². The Morgan fingerprint density at radius 2 is 1.84 bits per heavy atom. The lowest BCUT2D eigenvalue weighted by Crippen LogP contribution is -2.52. The number of carbonyl (C=O) groups excluding carboxylic acids is 2. The first-order valence-electron chi connectivity index (χ1n) is 9.55. The summed E-state index contributed by atoms with van der Waals surface area (Å²) in [6, 6.07) is 0.344. The molecule has 2 rings (SSSR count). The van der Waals surface area contributed by atoms with Crippen LogP contribution in [0.1, 0.15) is 58.8 Å². The first-order valence-corrected chi connectivity index (χ1v) is 9.55. The highest BCUT2D eigenvalue weighted by atomic mass is 35.5.